The van der Waals surface area contributed by atoms with Crippen LogP contribution in [0.15, 0.2) is 60.7 Å². The van der Waals surface area contributed by atoms with E-state index >= 15 is 0 Å². The van der Waals surface area contributed by atoms with Crippen LogP contribution in [0, 0.1) is 0 Å². The van der Waals surface area contributed by atoms with Crippen molar-refractivity contribution in [2.24, 2.45) is 0 Å². The molecule has 1 heterocycles. The van der Waals surface area contributed by atoms with E-state index in [4.69, 9.17) is 9.47 Å². The van der Waals surface area contributed by atoms with Gasteiger partial charge in [0.1, 0.15) is 18.1 Å². The summed E-state index contributed by atoms with van der Waals surface area (Å²) in [5, 5.41) is 2.08. The Hall–Kier alpha value is -3.34. The molecule has 5 heteroatoms. The molecular formula is C21H17NO4. The van der Waals surface area contributed by atoms with Gasteiger partial charge in [0.05, 0.1) is 24.8 Å². The highest BCUT2D eigenvalue weighted by Gasteiger charge is 2.34. The zero-order valence-electron chi connectivity index (χ0n) is 14.3. The fraction of sp³-hybridized carbons (Fsp3) is 0.143. The topological polar surface area (TPSA) is 55.8 Å². The molecular weight excluding hydrogens is 330 g/mol. The Morgan fingerprint density at radius 1 is 0.808 bits per heavy atom. The van der Waals surface area contributed by atoms with Gasteiger partial charge in [-0.2, -0.15) is 0 Å². The molecule has 0 N–H and O–H groups in total. The van der Waals surface area contributed by atoms with Crippen LogP contribution in [0.25, 0.3) is 10.8 Å². The van der Waals surface area contributed by atoms with Gasteiger partial charge in [-0.05, 0) is 47.2 Å². The standard InChI is InChI=1S/C21H17NO4/c1-25-16-8-6-14-7-9-17(13-15(14)12-16)26-11-10-22-20(23)18-4-2-3-5-19(18)21(22)24/h2-9,12-13H,10-11H2,1H3. The zero-order valence-corrected chi connectivity index (χ0v) is 14.3. The van der Waals surface area contributed by atoms with E-state index in [1.165, 1.54) is 4.90 Å². The molecule has 0 aromatic heterocycles. The zero-order chi connectivity index (χ0) is 18.1. The highest BCUT2D eigenvalue weighted by molar-refractivity contribution is 6.21. The highest BCUT2D eigenvalue weighted by atomic mass is 16.5. The van der Waals surface area contributed by atoms with Crippen molar-refractivity contribution in [2.45, 2.75) is 0 Å². The number of carbonyl (C=O) groups excluding carboxylic acids is 2. The minimum atomic E-state index is -0.266. The van der Waals surface area contributed by atoms with Gasteiger partial charge in [-0.3, -0.25) is 14.5 Å². The van der Waals surface area contributed by atoms with Crippen LogP contribution < -0.4 is 9.47 Å². The van der Waals surface area contributed by atoms with E-state index in [2.05, 4.69) is 0 Å². The van der Waals surface area contributed by atoms with Gasteiger partial charge in [0.25, 0.3) is 11.8 Å². The minimum Gasteiger partial charge on any atom is -0.497 e. The van der Waals surface area contributed by atoms with Gasteiger partial charge in [-0.1, -0.05) is 24.3 Å². The smallest absolute Gasteiger partial charge is 0.261 e. The van der Waals surface area contributed by atoms with Crippen LogP contribution in [-0.2, 0) is 0 Å². The van der Waals surface area contributed by atoms with Crippen LogP contribution in [0.4, 0.5) is 0 Å². The third kappa shape index (κ3) is 2.77. The van der Waals surface area contributed by atoms with Crippen LogP contribution in [0.3, 0.4) is 0 Å². The van der Waals surface area contributed by atoms with Crippen molar-refractivity contribution in [3.05, 3.63) is 71.8 Å². The van der Waals surface area contributed by atoms with Crippen molar-refractivity contribution < 1.29 is 19.1 Å². The number of benzene rings is 3. The molecule has 4 rings (SSSR count). The van der Waals surface area contributed by atoms with Crippen LogP contribution in [-0.4, -0.2) is 37.0 Å². The van der Waals surface area contributed by atoms with Crippen molar-refractivity contribution in [3.8, 4) is 11.5 Å². The summed E-state index contributed by atoms with van der Waals surface area (Å²) in [6.45, 7) is 0.448. The van der Waals surface area contributed by atoms with Gasteiger partial charge < -0.3 is 9.47 Å². The van der Waals surface area contributed by atoms with Gasteiger partial charge in [0.15, 0.2) is 0 Å². The second-order valence-corrected chi connectivity index (χ2v) is 6.03. The second-order valence-electron chi connectivity index (χ2n) is 6.03. The van der Waals surface area contributed by atoms with E-state index in [1.54, 1.807) is 31.4 Å². The van der Waals surface area contributed by atoms with E-state index in [1.807, 2.05) is 36.4 Å². The molecule has 0 radical (unpaired) electrons. The summed E-state index contributed by atoms with van der Waals surface area (Å²) in [6, 6.07) is 18.4. The number of fused-ring (bicyclic) bond motifs is 2. The van der Waals surface area contributed by atoms with Gasteiger partial charge in [0, 0.05) is 0 Å². The molecule has 1 aliphatic rings. The number of hydrogen-bond acceptors (Lipinski definition) is 4. The summed E-state index contributed by atoms with van der Waals surface area (Å²) in [6.07, 6.45) is 0. The molecule has 0 bridgehead atoms. The molecule has 130 valence electrons. The van der Waals surface area contributed by atoms with Gasteiger partial charge in [-0.15, -0.1) is 0 Å². The molecule has 0 spiro atoms. The summed E-state index contributed by atoms with van der Waals surface area (Å²) >= 11 is 0. The largest absolute Gasteiger partial charge is 0.497 e. The third-order valence-corrected chi connectivity index (χ3v) is 4.48. The van der Waals surface area contributed by atoms with E-state index in [0.29, 0.717) is 16.9 Å². The quantitative estimate of drug-likeness (QED) is 0.663. The van der Waals surface area contributed by atoms with E-state index in [9.17, 15) is 9.59 Å². The maximum Gasteiger partial charge on any atom is 0.261 e. The molecule has 26 heavy (non-hydrogen) atoms. The molecule has 0 aliphatic carbocycles. The lowest BCUT2D eigenvalue weighted by atomic mass is 10.1. The van der Waals surface area contributed by atoms with Gasteiger partial charge in [-0.25, -0.2) is 0 Å². The van der Waals surface area contributed by atoms with Crippen LogP contribution in [0.2, 0.25) is 0 Å². The molecule has 0 atom stereocenters. The fourth-order valence-corrected chi connectivity index (χ4v) is 3.12. The Kier molecular flexibility index (Phi) is 4.05. The minimum absolute atomic E-state index is 0.211. The molecule has 2 amide bonds. The van der Waals surface area contributed by atoms with Crippen LogP contribution in [0.5, 0.6) is 11.5 Å². The van der Waals surface area contributed by atoms with Crippen molar-refractivity contribution in [1.82, 2.24) is 4.90 Å². The fourth-order valence-electron chi connectivity index (χ4n) is 3.12. The molecule has 0 unspecified atom stereocenters. The molecule has 0 saturated carbocycles. The summed E-state index contributed by atoms with van der Waals surface area (Å²) < 4.78 is 11.0. The number of rotatable bonds is 5. The van der Waals surface area contributed by atoms with E-state index < -0.39 is 0 Å². The van der Waals surface area contributed by atoms with Crippen LogP contribution in [0.1, 0.15) is 20.7 Å². The number of methoxy groups -OCH3 is 1. The maximum atomic E-state index is 12.3. The SMILES string of the molecule is COc1ccc2ccc(OCCN3C(=O)c4ccccc4C3=O)cc2c1. The Labute approximate surface area is 150 Å². The van der Waals surface area contributed by atoms with Gasteiger partial charge >= 0.3 is 0 Å². The van der Waals surface area contributed by atoms with Crippen molar-refractivity contribution in [2.75, 3.05) is 20.3 Å². The normalized spacial score (nSPS) is 13.2. The predicted molar refractivity (Wildman–Crippen MR) is 97.8 cm³/mol. The lowest BCUT2D eigenvalue weighted by Gasteiger charge is -2.14. The number of nitrogens with zero attached hydrogens (tertiary/aromatic N) is 1. The summed E-state index contributed by atoms with van der Waals surface area (Å²) in [4.78, 5) is 25.9. The number of amides is 2. The molecule has 0 saturated heterocycles. The molecule has 5 nitrogen and oxygen atoms in total. The first-order valence-electron chi connectivity index (χ1n) is 8.33. The monoisotopic (exact) mass is 347 g/mol. The Morgan fingerprint density at radius 2 is 1.42 bits per heavy atom. The Morgan fingerprint density at radius 3 is 2.08 bits per heavy atom. The summed E-state index contributed by atoms with van der Waals surface area (Å²) in [7, 11) is 1.63. The number of carbonyl (C=O) groups is 2. The summed E-state index contributed by atoms with van der Waals surface area (Å²) in [5.41, 5.74) is 0.908. The first-order chi connectivity index (χ1) is 12.7. The first kappa shape index (κ1) is 16.1. The molecule has 0 fully saturated rings. The number of ether oxygens (including phenoxy) is 2. The average Bonchev–Trinajstić information content (AvgIpc) is 2.92. The molecule has 3 aromatic rings. The Balaban J connectivity index is 1.44. The molecule has 3 aromatic carbocycles. The second kappa shape index (κ2) is 6.52. The summed E-state index contributed by atoms with van der Waals surface area (Å²) in [5.74, 6) is 0.929. The highest BCUT2D eigenvalue weighted by Crippen LogP contribution is 2.25. The first-order valence-corrected chi connectivity index (χ1v) is 8.33. The van der Waals surface area contributed by atoms with Gasteiger partial charge in [0.2, 0.25) is 0 Å². The van der Waals surface area contributed by atoms with Crippen molar-refractivity contribution in [1.29, 1.82) is 0 Å². The predicted octanol–water partition coefficient (Wildman–Crippen LogP) is 3.52. The number of hydrogen-bond donors (Lipinski definition) is 0. The lowest BCUT2D eigenvalue weighted by Crippen LogP contribution is -2.33. The maximum absolute atomic E-state index is 12.3. The van der Waals surface area contributed by atoms with E-state index in [0.717, 1.165) is 16.5 Å². The third-order valence-electron chi connectivity index (χ3n) is 4.48. The van der Waals surface area contributed by atoms with E-state index in [-0.39, 0.29) is 25.0 Å². The number of imide groups is 1. The molecule has 1 aliphatic heterocycles. The lowest BCUT2D eigenvalue weighted by molar-refractivity contribution is 0.0631. The van der Waals surface area contributed by atoms with Crippen LogP contribution >= 0.6 is 0 Å². The Bertz CT molecular complexity index is 977. The van der Waals surface area contributed by atoms with Crippen molar-refractivity contribution in [3.63, 3.8) is 0 Å². The van der Waals surface area contributed by atoms with Crippen molar-refractivity contribution >= 4 is 22.6 Å². The average molecular weight is 347 g/mol.